The summed E-state index contributed by atoms with van der Waals surface area (Å²) in [5, 5.41) is 13.9. The third kappa shape index (κ3) is 3.47. The average molecular weight is 535 g/mol. The molecule has 0 spiro atoms. The van der Waals surface area contributed by atoms with Crippen LogP contribution in [0, 0.1) is 17.9 Å². The van der Waals surface area contributed by atoms with Crippen molar-refractivity contribution in [3.8, 4) is 28.6 Å². The summed E-state index contributed by atoms with van der Waals surface area (Å²) in [5.74, 6) is 0. The van der Waals surface area contributed by atoms with Crippen LogP contribution < -0.4 is 0 Å². The van der Waals surface area contributed by atoms with E-state index >= 15 is 0 Å². The van der Waals surface area contributed by atoms with Gasteiger partial charge in [0.25, 0.3) is 0 Å². The minimum Gasteiger partial charge on any atom is -0.309 e. The van der Waals surface area contributed by atoms with Gasteiger partial charge in [0, 0.05) is 27.4 Å². The first-order valence-electron chi connectivity index (χ1n) is 13.8. The highest BCUT2D eigenvalue weighted by molar-refractivity contribution is 6.12. The molecule has 0 radical (unpaired) electrons. The first kappa shape index (κ1) is 23.8. The molecule has 6 aromatic carbocycles. The normalized spacial score (nSPS) is 11.3. The fourth-order valence-corrected chi connectivity index (χ4v) is 6.31. The molecule has 8 rings (SSSR count). The zero-order valence-electron chi connectivity index (χ0n) is 22.5. The molecule has 0 saturated carbocycles. The Hall–Kier alpha value is -6.10. The summed E-state index contributed by atoms with van der Waals surface area (Å²) in [4.78, 5) is 3.72. The first-order chi connectivity index (χ1) is 20.7. The maximum absolute atomic E-state index is 9.32. The summed E-state index contributed by atoms with van der Waals surface area (Å²) in [6.45, 7) is 7.64. The summed E-state index contributed by atoms with van der Waals surface area (Å²) in [6, 6.07) is 48.0. The van der Waals surface area contributed by atoms with Crippen LogP contribution in [-0.4, -0.2) is 9.13 Å². The molecule has 0 aliphatic rings. The number of nitrogens with zero attached hydrogens (tertiary/aromatic N) is 4. The van der Waals surface area contributed by atoms with Gasteiger partial charge in [0.2, 0.25) is 0 Å². The Morgan fingerprint density at radius 2 is 1.14 bits per heavy atom. The van der Waals surface area contributed by atoms with Gasteiger partial charge in [0.15, 0.2) is 5.69 Å². The quantitative estimate of drug-likeness (QED) is 0.208. The molecular weight excluding hydrogens is 512 g/mol. The van der Waals surface area contributed by atoms with E-state index in [2.05, 4.69) is 111 Å². The third-order valence-corrected chi connectivity index (χ3v) is 8.17. The molecule has 0 saturated heterocycles. The molecule has 0 amide bonds. The summed E-state index contributed by atoms with van der Waals surface area (Å²) < 4.78 is 4.57. The number of nitriles is 1. The van der Waals surface area contributed by atoms with Crippen molar-refractivity contribution in [3.63, 3.8) is 0 Å². The molecule has 4 nitrogen and oxygen atoms in total. The van der Waals surface area contributed by atoms with E-state index in [1.165, 1.54) is 21.8 Å². The molecular formula is C38H22N4. The van der Waals surface area contributed by atoms with E-state index in [1.54, 1.807) is 0 Å². The minimum atomic E-state index is 0.609. The van der Waals surface area contributed by atoms with Gasteiger partial charge in [0.05, 0.1) is 46.0 Å². The van der Waals surface area contributed by atoms with Gasteiger partial charge in [-0.3, -0.25) is 0 Å². The van der Waals surface area contributed by atoms with E-state index in [1.807, 2.05) is 42.5 Å². The fourth-order valence-electron chi connectivity index (χ4n) is 6.31. The van der Waals surface area contributed by atoms with Crippen LogP contribution in [0.4, 0.5) is 5.69 Å². The molecule has 0 unspecified atom stereocenters. The maximum Gasteiger partial charge on any atom is 0.188 e. The summed E-state index contributed by atoms with van der Waals surface area (Å²) in [6.07, 6.45) is 0. The van der Waals surface area contributed by atoms with E-state index in [0.29, 0.717) is 11.3 Å². The Bertz CT molecular complexity index is 2370. The molecule has 0 bridgehead atoms. The van der Waals surface area contributed by atoms with Crippen LogP contribution in [0.3, 0.4) is 0 Å². The lowest BCUT2D eigenvalue weighted by molar-refractivity contribution is 1.18. The van der Waals surface area contributed by atoms with Gasteiger partial charge in [-0.15, -0.1) is 0 Å². The van der Waals surface area contributed by atoms with Crippen LogP contribution in [0.5, 0.6) is 0 Å². The Balaban J connectivity index is 1.41. The number of para-hydroxylation sites is 3. The monoisotopic (exact) mass is 534 g/mol. The molecule has 8 aromatic rings. The van der Waals surface area contributed by atoms with Crippen LogP contribution in [-0.2, 0) is 0 Å². The van der Waals surface area contributed by atoms with Gasteiger partial charge in [-0.05, 0) is 77.7 Å². The SMILES string of the molecule is [C-]#[N+]c1ccc2c(c1)c1cc(-c3ccccc3-n3c4ccccc4c4ccccc43)ccc1n2-c1ccc(C#N)cc1. The van der Waals surface area contributed by atoms with Crippen molar-refractivity contribution in [1.82, 2.24) is 9.13 Å². The van der Waals surface area contributed by atoms with E-state index < -0.39 is 0 Å². The largest absolute Gasteiger partial charge is 0.309 e. The van der Waals surface area contributed by atoms with E-state index in [0.717, 1.165) is 44.3 Å². The van der Waals surface area contributed by atoms with Crippen molar-refractivity contribution in [2.45, 2.75) is 0 Å². The number of hydrogen-bond acceptors (Lipinski definition) is 1. The van der Waals surface area contributed by atoms with Crippen molar-refractivity contribution in [2.24, 2.45) is 0 Å². The Kier molecular flexibility index (Phi) is 5.22. The van der Waals surface area contributed by atoms with Crippen molar-refractivity contribution in [3.05, 3.63) is 150 Å². The molecule has 0 aliphatic heterocycles. The molecule has 2 heterocycles. The van der Waals surface area contributed by atoms with Crippen LogP contribution in [0.1, 0.15) is 5.56 Å². The maximum atomic E-state index is 9.32. The molecule has 194 valence electrons. The predicted octanol–water partition coefficient (Wildman–Crippen LogP) is 9.97. The number of fused-ring (bicyclic) bond motifs is 6. The van der Waals surface area contributed by atoms with Crippen molar-refractivity contribution in [2.75, 3.05) is 0 Å². The Labute approximate surface area is 242 Å². The van der Waals surface area contributed by atoms with Crippen LogP contribution in [0.15, 0.2) is 133 Å². The second-order valence-electron chi connectivity index (χ2n) is 10.4. The molecule has 4 heteroatoms. The second-order valence-corrected chi connectivity index (χ2v) is 10.4. The number of benzene rings is 6. The van der Waals surface area contributed by atoms with Crippen LogP contribution in [0.25, 0.3) is 71.0 Å². The highest BCUT2D eigenvalue weighted by Crippen LogP contribution is 2.40. The standard InChI is InChI=1S/C38H22N4/c1-40-27-17-21-38-33(23-27)32-22-26(16-20-37(32)41(38)28-18-14-25(24-39)15-19-28)29-8-2-5-11-34(29)42-35-12-6-3-9-30(35)31-10-4-7-13-36(31)42/h2-23H. The summed E-state index contributed by atoms with van der Waals surface area (Å²) in [7, 11) is 0. The lowest BCUT2D eigenvalue weighted by Crippen LogP contribution is -1.97. The number of hydrogen-bond donors (Lipinski definition) is 0. The molecule has 0 atom stereocenters. The first-order valence-corrected chi connectivity index (χ1v) is 13.8. The van der Waals surface area contributed by atoms with E-state index in [-0.39, 0.29) is 0 Å². The molecule has 0 N–H and O–H groups in total. The highest BCUT2D eigenvalue weighted by Gasteiger charge is 2.18. The van der Waals surface area contributed by atoms with Crippen molar-refractivity contribution in [1.29, 1.82) is 5.26 Å². The predicted molar refractivity (Wildman–Crippen MR) is 172 cm³/mol. The minimum absolute atomic E-state index is 0.609. The number of rotatable bonds is 3. The van der Waals surface area contributed by atoms with Gasteiger partial charge < -0.3 is 9.13 Å². The average Bonchev–Trinajstić information content (AvgIpc) is 3.57. The van der Waals surface area contributed by atoms with E-state index in [4.69, 9.17) is 6.57 Å². The molecule has 2 aromatic heterocycles. The lowest BCUT2D eigenvalue weighted by Gasteiger charge is -2.14. The summed E-state index contributed by atoms with van der Waals surface area (Å²) in [5.41, 5.74) is 9.98. The second kappa shape index (κ2) is 9.24. The topological polar surface area (TPSA) is 38.0 Å². The van der Waals surface area contributed by atoms with Crippen molar-refractivity contribution >= 4 is 49.3 Å². The van der Waals surface area contributed by atoms with Gasteiger partial charge in [-0.2, -0.15) is 5.26 Å². The van der Waals surface area contributed by atoms with Gasteiger partial charge in [-0.1, -0.05) is 66.7 Å². The van der Waals surface area contributed by atoms with Gasteiger partial charge >= 0.3 is 0 Å². The van der Waals surface area contributed by atoms with Gasteiger partial charge in [0.1, 0.15) is 0 Å². The van der Waals surface area contributed by atoms with Crippen LogP contribution in [0.2, 0.25) is 0 Å². The zero-order chi connectivity index (χ0) is 28.2. The zero-order valence-corrected chi connectivity index (χ0v) is 22.5. The van der Waals surface area contributed by atoms with Crippen LogP contribution >= 0.6 is 0 Å². The van der Waals surface area contributed by atoms with E-state index in [9.17, 15) is 5.26 Å². The third-order valence-electron chi connectivity index (χ3n) is 8.17. The molecule has 0 aliphatic carbocycles. The summed E-state index contributed by atoms with van der Waals surface area (Å²) >= 11 is 0. The smallest absolute Gasteiger partial charge is 0.188 e. The molecule has 0 fully saturated rings. The van der Waals surface area contributed by atoms with Gasteiger partial charge in [-0.25, -0.2) is 4.85 Å². The lowest BCUT2D eigenvalue weighted by atomic mass is 10.0. The Morgan fingerprint density at radius 1 is 0.548 bits per heavy atom. The fraction of sp³-hybridized carbons (Fsp3) is 0. The molecule has 42 heavy (non-hydrogen) atoms. The Morgan fingerprint density at radius 3 is 1.83 bits per heavy atom. The highest BCUT2D eigenvalue weighted by atomic mass is 15.0. The number of aromatic nitrogens is 2. The van der Waals surface area contributed by atoms with Crippen molar-refractivity contribution < 1.29 is 0 Å².